The average Bonchev–Trinajstić information content (AvgIpc) is 3.23. The molecule has 2 N–H and O–H groups in total. The molecular weight excluding hydrogens is 462 g/mol. The maximum atomic E-state index is 13.1. The van der Waals surface area contributed by atoms with Crippen molar-refractivity contribution in [1.29, 1.82) is 0 Å². The second-order valence-electron chi connectivity index (χ2n) is 7.46. The minimum absolute atomic E-state index is 0.147. The highest BCUT2D eigenvalue weighted by Crippen LogP contribution is 2.38. The quantitative estimate of drug-likeness (QED) is 0.429. The molecule has 0 aliphatic rings. The third-order valence-corrected chi connectivity index (χ3v) is 6.98. The Kier molecular flexibility index (Phi) is 8.04. The van der Waals surface area contributed by atoms with E-state index in [9.17, 15) is 9.59 Å². The lowest BCUT2D eigenvalue weighted by Crippen LogP contribution is -2.47. The molecule has 0 bridgehead atoms. The molecule has 0 aliphatic heterocycles. The number of nitrogens with zero attached hydrogens (tertiary/aromatic N) is 1. The zero-order valence-corrected chi connectivity index (χ0v) is 21.0. The van der Waals surface area contributed by atoms with Crippen LogP contribution in [0.2, 0.25) is 0 Å². The van der Waals surface area contributed by atoms with Gasteiger partial charge in [-0.3, -0.25) is 9.59 Å². The number of hydrogen-bond donors (Lipinski definition) is 2. The topological polar surface area (TPSA) is 98.8 Å². The van der Waals surface area contributed by atoms with Gasteiger partial charge in [0.05, 0.1) is 31.5 Å². The van der Waals surface area contributed by atoms with Gasteiger partial charge in [-0.1, -0.05) is 25.6 Å². The number of fused-ring (bicyclic) bond motifs is 1. The number of aromatic nitrogens is 1. The lowest BCUT2D eigenvalue weighted by Gasteiger charge is -2.22. The van der Waals surface area contributed by atoms with E-state index < -0.39 is 11.9 Å². The Morgan fingerprint density at radius 1 is 1.03 bits per heavy atom. The molecule has 10 heteroatoms. The van der Waals surface area contributed by atoms with Crippen LogP contribution in [0.5, 0.6) is 17.2 Å². The van der Waals surface area contributed by atoms with Gasteiger partial charge < -0.3 is 24.8 Å². The van der Waals surface area contributed by atoms with Crippen LogP contribution in [0.25, 0.3) is 10.2 Å². The van der Waals surface area contributed by atoms with Gasteiger partial charge in [-0.15, -0.1) is 11.3 Å². The zero-order valence-electron chi connectivity index (χ0n) is 19.3. The highest BCUT2D eigenvalue weighted by atomic mass is 32.2. The number of nitrogens with one attached hydrogen (secondary N) is 2. The number of hydrogen-bond acceptors (Lipinski definition) is 8. The van der Waals surface area contributed by atoms with Crippen molar-refractivity contribution in [2.75, 3.05) is 32.9 Å². The zero-order chi connectivity index (χ0) is 24.1. The first kappa shape index (κ1) is 24.7. The van der Waals surface area contributed by atoms with Crippen LogP contribution in [0.1, 0.15) is 24.2 Å². The second-order valence-corrected chi connectivity index (χ2v) is 9.55. The molecule has 3 aromatic rings. The summed E-state index contributed by atoms with van der Waals surface area (Å²) >= 11 is 3.15. The fourth-order valence-electron chi connectivity index (χ4n) is 3.26. The number of benzene rings is 2. The van der Waals surface area contributed by atoms with Gasteiger partial charge in [-0.25, -0.2) is 4.98 Å². The Morgan fingerprint density at radius 2 is 1.70 bits per heavy atom. The van der Waals surface area contributed by atoms with Crippen LogP contribution in [-0.4, -0.2) is 50.4 Å². The third-order valence-electron chi connectivity index (χ3n) is 4.97. The van der Waals surface area contributed by atoms with Crippen molar-refractivity contribution >= 4 is 50.8 Å². The van der Waals surface area contributed by atoms with Crippen molar-refractivity contribution in [2.24, 2.45) is 5.92 Å². The summed E-state index contributed by atoms with van der Waals surface area (Å²) in [6, 6.07) is 7.92. The molecule has 8 nitrogen and oxygen atoms in total. The molecule has 0 fully saturated rings. The molecule has 0 saturated carbocycles. The molecule has 33 heavy (non-hydrogen) atoms. The van der Waals surface area contributed by atoms with Gasteiger partial charge >= 0.3 is 0 Å². The fourth-order valence-corrected chi connectivity index (χ4v) is 4.79. The molecule has 0 spiro atoms. The van der Waals surface area contributed by atoms with E-state index in [1.54, 1.807) is 35.2 Å². The first-order valence-corrected chi connectivity index (χ1v) is 12.2. The SMILES string of the molecule is COc1cc(C(=O)NC(C(=O)Nc2ccc3nc(SC)sc3c2)C(C)C)cc(OC)c1OC. The van der Waals surface area contributed by atoms with E-state index in [2.05, 4.69) is 15.6 Å². The van der Waals surface area contributed by atoms with Crippen molar-refractivity contribution in [3.05, 3.63) is 35.9 Å². The Hall–Kier alpha value is -2.98. The molecule has 0 saturated heterocycles. The molecule has 1 unspecified atom stereocenters. The standard InChI is InChI=1S/C23H27N3O5S2/c1-12(2)19(22(28)24-14-7-8-15-18(11-14)33-23(25-15)32-6)26-21(27)13-9-16(29-3)20(31-5)17(10-13)30-4/h7-12,19H,1-6H3,(H,24,28)(H,26,27). The second kappa shape index (κ2) is 10.8. The Morgan fingerprint density at radius 3 is 2.24 bits per heavy atom. The third kappa shape index (κ3) is 5.51. The summed E-state index contributed by atoms with van der Waals surface area (Å²) < 4.78 is 17.9. The maximum absolute atomic E-state index is 13.1. The van der Waals surface area contributed by atoms with Crippen molar-refractivity contribution in [3.63, 3.8) is 0 Å². The maximum Gasteiger partial charge on any atom is 0.252 e. The van der Waals surface area contributed by atoms with Crippen molar-refractivity contribution in [3.8, 4) is 17.2 Å². The van der Waals surface area contributed by atoms with Crippen molar-refractivity contribution in [1.82, 2.24) is 10.3 Å². The molecule has 2 aromatic carbocycles. The summed E-state index contributed by atoms with van der Waals surface area (Å²) in [5.41, 5.74) is 1.83. The number of thiazole rings is 1. The predicted octanol–water partition coefficient (Wildman–Crippen LogP) is 4.44. The van der Waals surface area contributed by atoms with E-state index in [4.69, 9.17) is 14.2 Å². The largest absolute Gasteiger partial charge is 0.493 e. The number of anilines is 1. The minimum atomic E-state index is -0.754. The molecule has 3 rings (SSSR count). The summed E-state index contributed by atoms with van der Waals surface area (Å²) in [4.78, 5) is 30.6. The summed E-state index contributed by atoms with van der Waals surface area (Å²) in [6.45, 7) is 3.74. The van der Waals surface area contributed by atoms with Crippen molar-refractivity contribution < 1.29 is 23.8 Å². The highest BCUT2D eigenvalue weighted by molar-refractivity contribution is 8.00. The van der Waals surface area contributed by atoms with Crippen molar-refractivity contribution in [2.45, 2.75) is 24.2 Å². The Balaban J connectivity index is 1.80. The first-order chi connectivity index (χ1) is 15.8. The number of carbonyl (C=O) groups is 2. The molecule has 2 amide bonds. The van der Waals surface area contributed by atoms with Gasteiger partial charge in [0, 0.05) is 11.3 Å². The lowest BCUT2D eigenvalue weighted by molar-refractivity contribution is -0.118. The van der Waals surface area contributed by atoms with Crippen LogP contribution in [0.3, 0.4) is 0 Å². The van der Waals surface area contributed by atoms with Gasteiger partial charge in [0.2, 0.25) is 11.7 Å². The number of rotatable bonds is 9. The Labute approximate surface area is 201 Å². The van der Waals surface area contributed by atoms with Gasteiger partial charge in [0.15, 0.2) is 15.8 Å². The highest BCUT2D eigenvalue weighted by Gasteiger charge is 2.26. The molecule has 176 valence electrons. The van der Waals surface area contributed by atoms with E-state index in [0.29, 0.717) is 28.5 Å². The van der Waals surface area contributed by atoms with Gasteiger partial charge in [0.1, 0.15) is 6.04 Å². The van der Waals surface area contributed by atoms with Crippen LogP contribution < -0.4 is 24.8 Å². The van der Waals surface area contributed by atoms with Crippen LogP contribution in [0, 0.1) is 5.92 Å². The normalized spacial score (nSPS) is 11.8. The summed E-state index contributed by atoms with van der Waals surface area (Å²) in [7, 11) is 4.45. The fraction of sp³-hybridized carbons (Fsp3) is 0.348. The predicted molar refractivity (Wildman–Crippen MR) is 132 cm³/mol. The monoisotopic (exact) mass is 489 g/mol. The molecule has 1 atom stereocenters. The van der Waals surface area contributed by atoms with Gasteiger partial charge in [0.25, 0.3) is 5.91 Å². The molecule has 0 radical (unpaired) electrons. The van der Waals surface area contributed by atoms with E-state index >= 15 is 0 Å². The molecular formula is C23H27N3O5S2. The van der Waals surface area contributed by atoms with E-state index in [-0.39, 0.29) is 11.8 Å². The molecule has 1 heterocycles. The lowest BCUT2D eigenvalue weighted by atomic mass is 10.0. The number of ether oxygens (including phenoxy) is 3. The van der Waals surface area contributed by atoms with Gasteiger partial charge in [-0.05, 0) is 42.5 Å². The van der Waals surface area contributed by atoms with Crippen LogP contribution in [0.4, 0.5) is 5.69 Å². The van der Waals surface area contributed by atoms with Crippen LogP contribution >= 0.6 is 23.1 Å². The number of thioether (sulfide) groups is 1. The number of methoxy groups -OCH3 is 3. The Bertz CT molecular complexity index is 1140. The van der Waals surface area contributed by atoms with E-state index in [1.165, 1.54) is 21.3 Å². The molecule has 1 aromatic heterocycles. The van der Waals surface area contributed by atoms with E-state index in [1.807, 2.05) is 38.3 Å². The smallest absolute Gasteiger partial charge is 0.252 e. The van der Waals surface area contributed by atoms with Crippen LogP contribution in [-0.2, 0) is 4.79 Å². The molecule has 0 aliphatic carbocycles. The van der Waals surface area contributed by atoms with Gasteiger partial charge in [-0.2, -0.15) is 0 Å². The minimum Gasteiger partial charge on any atom is -0.493 e. The summed E-state index contributed by atoms with van der Waals surface area (Å²) in [5, 5.41) is 5.74. The number of amides is 2. The summed E-state index contributed by atoms with van der Waals surface area (Å²) in [6.07, 6.45) is 1.98. The van der Waals surface area contributed by atoms with E-state index in [0.717, 1.165) is 14.6 Å². The first-order valence-electron chi connectivity index (χ1n) is 10.2. The summed E-state index contributed by atoms with van der Waals surface area (Å²) in [5.74, 6) is 0.222. The number of carbonyl (C=O) groups excluding carboxylic acids is 2. The average molecular weight is 490 g/mol. The van der Waals surface area contributed by atoms with Crippen LogP contribution in [0.15, 0.2) is 34.7 Å².